The number of para-hydroxylation sites is 1. The first kappa shape index (κ1) is 14.2. The van der Waals surface area contributed by atoms with E-state index in [9.17, 15) is 0 Å². The molecular weight excluding hydrogens is 250 g/mol. The summed E-state index contributed by atoms with van der Waals surface area (Å²) in [6.07, 6.45) is 3.72. The van der Waals surface area contributed by atoms with Crippen molar-refractivity contribution in [2.24, 2.45) is 0 Å². The second-order valence-electron chi connectivity index (χ2n) is 5.04. The van der Waals surface area contributed by atoms with Gasteiger partial charge in [-0.05, 0) is 44.5 Å². The molecule has 0 spiro atoms. The maximum Gasteiger partial charge on any atom is 0.144 e. The van der Waals surface area contributed by atoms with E-state index in [1.807, 2.05) is 50.4 Å². The highest BCUT2D eigenvalue weighted by Gasteiger charge is 2.11. The Balaban J connectivity index is 2.17. The molecule has 0 saturated heterocycles. The molecule has 4 heteroatoms. The van der Waals surface area contributed by atoms with Crippen LogP contribution in [0.3, 0.4) is 0 Å². The van der Waals surface area contributed by atoms with Crippen molar-refractivity contribution in [2.45, 2.75) is 32.9 Å². The third kappa shape index (κ3) is 3.41. The van der Waals surface area contributed by atoms with Gasteiger partial charge in [-0.2, -0.15) is 0 Å². The van der Waals surface area contributed by atoms with E-state index in [0.29, 0.717) is 11.4 Å². The van der Waals surface area contributed by atoms with Gasteiger partial charge in [0.25, 0.3) is 0 Å². The molecule has 1 aromatic carbocycles. The van der Waals surface area contributed by atoms with Gasteiger partial charge in [0, 0.05) is 12.4 Å². The van der Waals surface area contributed by atoms with Crippen LogP contribution in [-0.2, 0) is 0 Å². The Labute approximate surface area is 120 Å². The van der Waals surface area contributed by atoms with Crippen LogP contribution in [0.2, 0.25) is 0 Å². The van der Waals surface area contributed by atoms with Gasteiger partial charge in [-0.25, -0.2) is 0 Å². The molecule has 1 aromatic heterocycles. The number of nitrogens with one attached hydrogen (secondary N) is 1. The monoisotopic (exact) mass is 271 g/mol. The molecule has 1 heterocycles. The summed E-state index contributed by atoms with van der Waals surface area (Å²) >= 11 is 0. The van der Waals surface area contributed by atoms with Gasteiger partial charge < -0.3 is 15.8 Å². The maximum absolute atomic E-state index is 6.15. The molecule has 0 aliphatic rings. The number of nitrogens with zero attached hydrogens (tertiary/aromatic N) is 1. The minimum absolute atomic E-state index is 0.100. The quantitative estimate of drug-likeness (QED) is 0.815. The molecule has 0 saturated carbocycles. The third-order valence-corrected chi connectivity index (χ3v) is 2.99. The molecule has 1 unspecified atom stereocenters. The normalized spacial score (nSPS) is 12.2. The van der Waals surface area contributed by atoms with Gasteiger partial charge in [0.2, 0.25) is 0 Å². The fraction of sp³-hybridized carbons (Fsp3) is 0.312. The zero-order valence-corrected chi connectivity index (χ0v) is 12.1. The fourth-order valence-electron chi connectivity index (χ4n) is 1.98. The fourth-order valence-corrected chi connectivity index (χ4v) is 1.98. The Morgan fingerprint density at radius 1 is 1.15 bits per heavy atom. The van der Waals surface area contributed by atoms with Crippen LogP contribution in [0.4, 0.5) is 11.4 Å². The van der Waals surface area contributed by atoms with Crippen LogP contribution in [-0.4, -0.2) is 11.1 Å². The number of hydrogen-bond donors (Lipinski definition) is 2. The molecule has 2 aromatic rings. The first-order valence-electron chi connectivity index (χ1n) is 6.79. The Hall–Kier alpha value is -2.23. The summed E-state index contributed by atoms with van der Waals surface area (Å²) < 4.78 is 5.70. The molecule has 2 rings (SSSR count). The Bertz CT molecular complexity index is 555. The number of aromatic nitrogens is 1. The summed E-state index contributed by atoms with van der Waals surface area (Å²) in [6, 6.07) is 9.86. The summed E-state index contributed by atoms with van der Waals surface area (Å²) in [7, 11) is 0. The van der Waals surface area contributed by atoms with Crippen molar-refractivity contribution in [2.75, 3.05) is 11.1 Å². The number of anilines is 2. The van der Waals surface area contributed by atoms with Crippen LogP contribution >= 0.6 is 0 Å². The summed E-state index contributed by atoms with van der Waals surface area (Å²) in [4.78, 5) is 4.13. The van der Waals surface area contributed by atoms with Gasteiger partial charge in [0.05, 0.1) is 23.5 Å². The van der Waals surface area contributed by atoms with Crippen molar-refractivity contribution in [1.29, 1.82) is 0 Å². The van der Waals surface area contributed by atoms with Crippen molar-refractivity contribution in [3.8, 4) is 5.75 Å². The molecule has 0 fully saturated rings. The number of benzene rings is 1. The molecule has 0 aliphatic heterocycles. The Morgan fingerprint density at radius 3 is 2.60 bits per heavy atom. The largest absolute Gasteiger partial charge is 0.489 e. The molecule has 0 amide bonds. The van der Waals surface area contributed by atoms with Crippen molar-refractivity contribution in [3.63, 3.8) is 0 Å². The van der Waals surface area contributed by atoms with Crippen LogP contribution in [0, 0.1) is 0 Å². The first-order valence-corrected chi connectivity index (χ1v) is 6.79. The topological polar surface area (TPSA) is 60.2 Å². The van der Waals surface area contributed by atoms with E-state index in [1.54, 1.807) is 6.20 Å². The highest BCUT2D eigenvalue weighted by molar-refractivity contribution is 5.73. The van der Waals surface area contributed by atoms with Crippen LogP contribution < -0.4 is 15.8 Å². The summed E-state index contributed by atoms with van der Waals surface area (Å²) in [5.41, 5.74) is 8.78. The maximum atomic E-state index is 6.15. The van der Waals surface area contributed by atoms with E-state index in [0.717, 1.165) is 11.3 Å². The number of rotatable bonds is 5. The molecule has 20 heavy (non-hydrogen) atoms. The van der Waals surface area contributed by atoms with Gasteiger partial charge in [0.15, 0.2) is 0 Å². The average Bonchev–Trinajstić information content (AvgIpc) is 2.43. The number of ether oxygens (including phenoxy) is 1. The molecule has 4 nitrogen and oxygen atoms in total. The predicted octanol–water partition coefficient (Wildman–Crippen LogP) is 3.62. The average molecular weight is 271 g/mol. The minimum atomic E-state index is 0.100. The number of nitrogen functional groups attached to an aromatic ring is 1. The zero-order valence-electron chi connectivity index (χ0n) is 12.1. The molecule has 106 valence electrons. The smallest absolute Gasteiger partial charge is 0.144 e. The number of hydrogen-bond acceptors (Lipinski definition) is 4. The van der Waals surface area contributed by atoms with E-state index >= 15 is 0 Å². The van der Waals surface area contributed by atoms with Crippen LogP contribution in [0.1, 0.15) is 32.4 Å². The van der Waals surface area contributed by atoms with Gasteiger partial charge >= 0.3 is 0 Å². The van der Waals surface area contributed by atoms with E-state index < -0.39 is 0 Å². The van der Waals surface area contributed by atoms with Gasteiger partial charge in [-0.15, -0.1) is 0 Å². The molecule has 0 bridgehead atoms. The SMILES string of the molecule is CC(C)Oc1cccc(NC(C)c2cccnc2)c1N. The Morgan fingerprint density at radius 2 is 1.95 bits per heavy atom. The highest BCUT2D eigenvalue weighted by atomic mass is 16.5. The summed E-state index contributed by atoms with van der Waals surface area (Å²) in [5.74, 6) is 0.711. The first-order chi connectivity index (χ1) is 9.58. The van der Waals surface area contributed by atoms with Crippen LogP contribution in [0.5, 0.6) is 5.75 Å². The van der Waals surface area contributed by atoms with Crippen LogP contribution in [0.15, 0.2) is 42.7 Å². The number of pyridine rings is 1. The summed E-state index contributed by atoms with van der Waals surface area (Å²) in [5, 5.41) is 3.40. The lowest BCUT2D eigenvalue weighted by Crippen LogP contribution is -2.11. The minimum Gasteiger partial charge on any atom is -0.489 e. The lowest BCUT2D eigenvalue weighted by atomic mass is 10.1. The van der Waals surface area contributed by atoms with E-state index in [1.165, 1.54) is 0 Å². The predicted molar refractivity (Wildman–Crippen MR) is 82.9 cm³/mol. The van der Waals surface area contributed by atoms with Crippen molar-refractivity contribution >= 4 is 11.4 Å². The van der Waals surface area contributed by atoms with E-state index in [-0.39, 0.29) is 12.1 Å². The van der Waals surface area contributed by atoms with Crippen molar-refractivity contribution < 1.29 is 4.74 Å². The lowest BCUT2D eigenvalue weighted by molar-refractivity contribution is 0.244. The molecular formula is C16H21N3O. The highest BCUT2D eigenvalue weighted by Crippen LogP contribution is 2.32. The molecule has 0 aliphatic carbocycles. The van der Waals surface area contributed by atoms with Gasteiger partial charge in [-0.1, -0.05) is 12.1 Å². The summed E-state index contributed by atoms with van der Waals surface area (Å²) in [6.45, 7) is 6.04. The molecule has 3 N–H and O–H groups in total. The molecule has 1 atom stereocenters. The molecule has 0 radical (unpaired) electrons. The van der Waals surface area contributed by atoms with Crippen molar-refractivity contribution in [3.05, 3.63) is 48.3 Å². The van der Waals surface area contributed by atoms with Gasteiger partial charge in [0.1, 0.15) is 5.75 Å². The number of nitrogens with two attached hydrogens (primary N) is 1. The van der Waals surface area contributed by atoms with Gasteiger partial charge in [-0.3, -0.25) is 4.98 Å². The zero-order chi connectivity index (χ0) is 14.5. The lowest BCUT2D eigenvalue weighted by Gasteiger charge is -2.19. The van der Waals surface area contributed by atoms with E-state index in [2.05, 4.69) is 17.2 Å². The third-order valence-electron chi connectivity index (χ3n) is 2.99. The Kier molecular flexibility index (Phi) is 4.45. The standard InChI is InChI=1S/C16H21N3O/c1-11(2)20-15-8-4-7-14(16(15)17)19-12(3)13-6-5-9-18-10-13/h4-12,19H,17H2,1-3H3. The van der Waals surface area contributed by atoms with Crippen molar-refractivity contribution in [1.82, 2.24) is 4.98 Å². The van der Waals surface area contributed by atoms with E-state index in [4.69, 9.17) is 10.5 Å². The van der Waals surface area contributed by atoms with Crippen LogP contribution in [0.25, 0.3) is 0 Å². The second-order valence-corrected chi connectivity index (χ2v) is 5.04. The second kappa shape index (κ2) is 6.28.